The first-order valence-electron chi connectivity index (χ1n) is 6.76. The number of nitrogens with one attached hydrogen (secondary N) is 2. The molecule has 0 radical (unpaired) electrons. The van der Waals surface area contributed by atoms with Crippen molar-refractivity contribution >= 4 is 33.7 Å². The predicted molar refractivity (Wildman–Crippen MR) is 91.2 cm³/mol. The Kier molecular flexibility index (Phi) is 5.58. The van der Waals surface area contributed by atoms with Gasteiger partial charge in [0, 0.05) is 16.4 Å². The smallest absolute Gasteiger partial charge is 0.314 e. The average molecular weight is 345 g/mol. The molecular weight excluding hydrogens is 328 g/mol. The fourth-order valence-corrected chi connectivity index (χ4v) is 2.04. The normalized spacial score (nSPS) is 10.6. The second-order valence-corrected chi connectivity index (χ2v) is 5.45. The third-order valence-electron chi connectivity index (χ3n) is 2.98. The summed E-state index contributed by atoms with van der Waals surface area (Å²) in [6, 6.07) is 15.4. The van der Waals surface area contributed by atoms with Crippen molar-refractivity contribution in [2.24, 2.45) is 0 Å². The van der Waals surface area contributed by atoms with Gasteiger partial charge in [0.1, 0.15) is 0 Å². The number of anilines is 1. The Morgan fingerprint density at radius 3 is 2.38 bits per heavy atom. The molecule has 0 aliphatic heterocycles. The van der Waals surface area contributed by atoms with E-state index in [1.54, 1.807) is 6.20 Å². The number of carbonyl (C=O) groups excluding carboxylic acids is 1. The molecule has 0 aliphatic carbocycles. The zero-order chi connectivity index (χ0) is 15.1. The number of rotatable bonds is 4. The number of halogens is 1. The van der Waals surface area contributed by atoms with Crippen molar-refractivity contribution in [2.75, 3.05) is 5.32 Å². The maximum absolute atomic E-state index is 11.7. The van der Waals surface area contributed by atoms with E-state index in [-0.39, 0.29) is 6.03 Å². The minimum Gasteiger partial charge on any atom is -0.314 e. The van der Waals surface area contributed by atoms with Gasteiger partial charge in [0.05, 0.1) is 0 Å². The molecule has 21 heavy (non-hydrogen) atoms. The van der Waals surface area contributed by atoms with Crippen molar-refractivity contribution in [3.8, 4) is 0 Å². The minimum absolute atomic E-state index is 0.257. The minimum atomic E-state index is -0.257. The van der Waals surface area contributed by atoms with Gasteiger partial charge in [-0.05, 0) is 47.9 Å². The molecule has 0 spiro atoms. The van der Waals surface area contributed by atoms with Crippen molar-refractivity contribution in [1.29, 1.82) is 0 Å². The van der Waals surface area contributed by atoms with Crippen molar-refractivity contribution in [1.82, 2.24) is 5.32 Å². The topological polar surface area (TPSA) is 41.1 Å². The lowest BCUT2D eigenvalue weighted by atomic mass is 10.1. The fourth-order valence-electron chi connectivity index (χ4n) is 1.78. The van der Waals surface area contributed by atoms with Gasteiger partial charge in [-0.1, -0.05) is 47.1 Å². The first-order chi connectivity index (χ1) is 10.2. The highest BCUT2D eigenvalue weighted by atomic mass is 79.9. The molecule has 0 atom stereocenters. The highest BCUT2D eigenvalue weighted by Crippen LogP contribution is 2.11. The quantitative estimate of drug-likeness (QED) is 0.821. The lowest BCUT2D eigenvalue weighted by Gasteiger charge is -2.05. The van der Waals surface area contributed by atoms with Crippen LogP contribution in [0, 0.1) is 0 Å². The molecule has 0 bridgehead atoms. The molecule has 2 rings (SSSR count). The molecule has 0 heterocycles. The van der Waals surface area contributed by atoms with Crippen LogP contribution < -0.4 is 10.6 Å². The molecule has 0 aliphatic rings. The summed E-state index contributed by atoms with van der Waals surface area (Å²) in [5.74, 6) is 0. The van der Waals surface area contributed by atoms with Crippen LogP contribution in [0.2, 0.25) is 0 Å². The molecule has 0 aromatic heterocycles. The van der Waals surface area contributed by atoms with Crippen LogP contribution in [0.25, 0.3) is 6.08 Å². The number of hydrogen-bond acceptors (Lipinski definition) is 1. The molecule has 0 saturated carbocycles. The summed E-state index contributed by atoms with van der Waals surface area (Å²) in [6.07, 6.45) is 4.45. The highest BCUT2D eigenvalue weighted by Gasteiger charge is 1.98. The van der Waals surface area contributed by atoms with Gasteiger partial charge in [0.2, 0.25) is 0 Å². The molecule has 0 fully saturated rings. The summed E-state index contributed by atoms with van der Waals surface area (Å²) in [4.78, 5) is 11.7. The Morgan fingerprint density at radius 2 is 1.76 bits per heavy atom. The van der Waals surface area contributed by atoms with E-state index in [9.17, 15) is 4.79 Å². The predicted octanol–water partition coefficient (Wildman–Crippen LogP) is 4.80. The third kappa shape index (κ3) is 5.08. The zero-order valence-corrected chi connectivity index (χ0v) is 13.4. The maximum Gasteiger partial charge on any atom is 0.323 e. The second kappa shape index (κ2) is 7.64. The van der Waals surface area contributed by atoms with Gasteiger partial charge in [0.15, 0.2) is 0 Å². The van der Waals surface area contributed by atoms with Crippen LogP contribution in [0.15, 0.2) is 59.2 Å². The summed E-state index contributed by atoms with van der Waals surface area (Å²) < 4.78 is 1.03. The number of carbonyl (C=O) groups is 1. The van der Waals surface area contributed by atoms with Gasteiger partial charge in [-0.2, -0.15) is 0 Å². The van der Waals surface area contributed by atoms with Gasteiger partial charge < -0.3 is 10.6 Å². The van der Waals surface area contributed by atoms with E-state index in [2.05, 4.69) is 33.5 Å². The summed E-state index contributed by atoms with van der Waals surface area (Å²) in [7, 11) is 0. The standard InChI is InChI=1S/C17H17BrN2O/c1-2-13-5-9-16(10-6-13)20-17(21)19-12-11-14-3-7-15(18)8-4-14/h3-12H,2H2,1H3,(H2,19,20,21)/b12-11+. The molecular formula is C17H17BrN2O. The summed E-state index contributed by atoms with van der Waals surface area (Å²) in [5.41, 5.74) is 3.05. The second-order valence-electron chi connectivity index (χ2n) is 4.53. The number of amides is 2. The van der Waals surface area contributed by atoms with Gasteiger partial charge in [-0.15, -0.1) is 0 Å². The van der Waals surface area contributed by atoms with Crippen LogP contribution in [0.4, 0.5) is 10.5 Å². The molecule has 0 unspecified atom stereocenters. The van der Waals surface area contributed by atoms with Crippen LogP contribution in [0.3, 0.4) is 0 Å². The summed E-state index contributed by atoms with van der Waals surface area (Å²) in [5, 5.41) is 5.46. The molecule has 108 valence electrons. The van der Waals surface area contributed by atoms with Crippen molar-refractivity contribution in [3.05, 3.63) is 70.3 Å². The summed E-state index contributed by atoms with van der Waals surface area (Å²) in [6.45, 7) is 2.10. The SMILES string of the molecule is CCc1ccc(NC(=O)N/C=C/c2ccc(Br)cc2)cc1. The molecule has 2 aromatic carbocycles. The first kappa shape index (κ1) is 15.3. The third-order valence-corrected chi connectivity index (χ3v) is 3.51. The van der Waals surface area contributed by atoms with Gasteiger partial charge in [-0.25, -0.2) is 4.79 Å². The Bertz CT molecular complexity index is 618. The Hall–Kier alpha value is -2.07. The van der Waals surface area contributed by atoms with E-state index in [0.29, 0.717) is 0 Å². The van der Waals surface area contributed by atoms with Gasteiger partial charge >= 0.3 is 6.03 Å². The number of hydrogen-bond donors (Lipinski definition) is 2. The number of urea groups is 1. The van der Waals surface area contributed by atoms with E-state index >= 15 is 0 Å². The Labute approximate surface area is 133 Å². The zero-order valence-electron chi connectivity index (χ0n) is 11.8. The summed E-state index contributed by atoms with van der Waals surface area (Å²) >= 11 is 3.38. The largest absolute Gasteiger partial charge is 0.323 e. The first-order valence-corrected chi connectivity index (χ1v) is 7.55. The molecule has 2 aromatic rings. The van der Waals surface area contributed by atoms with Crippen molar-refractivity contribution < 1.29 is 4.79 Å². The molecule has 2 amide bonds. The lowest BCUT2D eigenvalue weighted by molar-refractivity contribution is 0.255. The van der Waals surface area contributed by atoms with Crippen LogP contribution in [-0.4, -0.2) is 6.03 Å². The number of benzene rings is 2. The van der Waals surface area contributed by atoms with Crippen LogP contribution in [-0.2, 0) is 6.42 Å². The Balaban J connectivity index is 1.85. The van der Waals surface area contributed by atoms with E-state index in [0.717, 1.165) is 22.1 Å². The monoisotopic (exact) mass is 344 g/mol. The van der Waals surface area contributed by atoms with E-state index in [1.165, 1.54) is 5.56 Å². The van der Waals surface area contributed by atoms with Gasteiger partial charge in [-0.3, -0.25) is 0 Å². The highest BCUT2D eigenvalue weighted by molar-refractivity contribution is 9.10. The number of aryl methyl sites for hydroxylation is 1. The van der Waals surface area contributed by atoms with E-state index in [4.69, 9.17) is 0 Å². The van der Waals surface area contributed by atoms with Crippen LogP contribution >= 0.6 is 15.9 Å². The molecule has 4 heteroatoms. The Morgan fingerprint density at radius 1 is 1.10 bits per heavy atom. The van der Waals surface area contributed by atoms with E-state index in [1.807, 2.05) is 54.6 Å². The maximum atomic E-state index is 11.7. The average Bonchev–Trinajstić information content (AvgIpc) is 2.50. The molecule has 0 saturated heterocycles. The molecule has 3 nitrogen and oxygen atoms in total. The van der Waals surface area contributed by atoms with E-state index < -0.39 is 0 Å². The van der Waals surface area contributed by atoms with Crippen LogP contribution in [0.5, 0.6) is 0 Å². The fraction of sp³-hybridized carbons (Fsp3) is 0.118. The van der Waals surface area contributed by atoms with Crippen LogP contribution in [0.1, 0.15) is 18.1 Å². The van der Waals surface area contributed by atoms with Crippen molar-refractivity contribution in [2.45, 2.75) is 13.3 Å². The molecule has 2 N–H and O–H groups in total. The lowest BCUT2D eigenvalue weighted by Crippen LogP contribution is -2.23. The van der Waals surface area contributed by atoms with Gasteiger partial charge in [0.25, 0.3) is 0 Å². The van der Waals surface area contributed by atoms with Crippen molar-refractivity contribution in [3.63, 3.8) is 0 Å².